The molecule has 0 bridgehead atoms. The van der Waals surface area contributed by atoms with Gasteiger partial charge in [-0.2, -0.15) is 16.4 Å². The predicted molar refractivity (Wildman–Crippen MR) is 102 cm³/mol. The second kappa shape index (κ2) is 7.85. The first-order chi connectivity index (χ1) is 12.8. The number of nitrogens with zero attached hydrogens (tertiary/aromatic N) is 2. The molecule has 134 valence electrons. The Labute approximate surface area is 156 Å². The molecule has 26 heavy (non-hydrogen) atoms. The van der Waals surface area contributed by atoms with Crippen molar-refractivity contribution in [3.05, 3.63) is 64.5 Å². The minimum Gasteiger partial charge on any atom is -0.376 e. The number of H-pyrrole nitrogens is 1. The predicted octanol–water partition coefficient (Wildman–Crippen LogP) is 3.96. The molecule has 0 aliphatic carbocycles. The van der Waals surface area contributed by atoms with E-state index in [2.05, 4.69) is 21.6 Å². The Kier molecular flexibility index (Phi) is 5.13. The van der Waals surface area contributed by atoms with Gasteiger partial charge in [-0.15, -0.1) is 0 Å². The summed E-state index contributed by atoms with van der Waals surface area (Å²) >= 11 is 1.65. The SMILES string of the molecule is O=C(c1cn[nH]c1-c1ccccc1)N(Cc1ccsc1)C[C@H]1CCCO1. The van der Waals surface area contributed by atoms with Crippen molar-refractivity contribution in [1.29, 1.82) is 0 Å². The van der Waals surface area contributed by atoms with Crippen LogP contribution < -0.4 is 0 Å². The Morgan fingerprint density at radius 1 is 1.31 bits per heavy atom. The van der Waals surface area contributed by atoms with Gasteiger partial charge in [0, 0.05) is 25.3 Å². The number of carbonyl (C=O) groups is 1. The van der Waals surface area contributed by atoms with Crippen LogP contribution in [0.15, 0.2) is 53.4 Å². The summed E-state index contributed by atoms with van der Waals surface area (Å²) in [5, 5.41) is 11.2. The van der Waals surface area contributed by atoms with Crippen molar-refractivity contribution >= 4 is 17.2 Å². The highest BCUT2D eigenvalue weighted by Crippen LogP contribution is 2.24. The molecular formula is C20H21N3O2S. The lowest BCUT2D eigenvalue weighted by atomic mass is 10.1. The summed E-state index contributed by atoms with van der Waals surface area (Å²) in [6.07, 6.45) is 3.81. The molecule has 4 rings (SSSR count). The number of benzene rings is 1. The van der Waals surface area contributed by atoms with Crippen LogP contribution in [-0.4, -0.2) is 40.3 Å². The number of hydrogen-bond acceptors (Lipinski definition) is 4. The van der Waals surface area contributed by atoms with Crippen LogP contribution in [0.1, 0.15) is 28.8 Å². The van der Waals surface area contributed by atoms with Crippen molar-refractivity contribution in [2.24, 2.45) is 0 Å². The van der Waals surface area contributed by atoms with Crippen molar-refractivity contribution in [3.8, 4) is 11.3 Å². The summed E-state index contributed by atoms with van der Waals surface area (Å²) in [7, 11) is 0. The molecule has 3 aromatic rings. The van der Waals surface area contributed by atoms with Crippen LogP contribution in [-0.2, 0) is 11.3 Å². The highest BCUT2D eigenvalue weighted by Gasteiger charge is 2.26. The van der Waals surface area contributed by atoms with Crippen LogP contribution in [0.5, 0.6) is 0 Å². The monoisotopic (exact) mass is 367 g/mol. The van der Waals surface area contributed by atoms with Gasteiger partial charge in [-0.3, -0.25) is 9.89 Å². The van der Waals surface area contributed by atoms with E-state index < -0.39 is 0 Å². The molecule has 1 fully saturated rings. The summed E-state index contributed by atoms with van der Waals surface area (Å²) < 4.78 is 5.77. The fraction of sp³-hybridized carbons (Fsp3) is 0.300. The molecule has 1 aliphatic heterocycles. The topological polar surface area (TPSA) is 58.2 Å². The van der Waals surface area contributed by atoms with Crippen molar-refractivity contribution in [2.75, 3.05) is 13.2 Å². The van der Waals surface area contributed by atoms with E-state index in [1.54, 1.807) is 17.5 Å². The average molecular weight is 367 g/mol. The molecule has 1 aliphatic rings. The smallest absolute Gasteiger partial charge is 0.258 e. The molecule has 2 aromatic heterocycles. The molecule has 1 saturated heterocycles. The maximum atomic E-state index is 13.3. The summed E-state index contributed by atoms with van der Waals surface area (Å²) in [5.41, 5.74) is 3.47. The van der Waals surface area contributed by atoms with Crippen LogP contribution in [0.4, 0.5) is 0 Å². The molecule has 1 N–H and O–H groups in total. The first kappa shape index (κ1) is 17.0. The third kappa shape index (κ3) is 3.71. The molecule has 5 nitrogen and oxygen atoms in total. The molecule has 0 spiro atoms. The first-order valence-corrected chi connectivity index (χ1v) is 9.76. The lowest BCUT2D eigenvalue weighted by Crippen LogP contribution is -2.37. The Balaban J connectivity index is 1.60. The third-order valence-corrected chi connectivity index (χ3v) is 5.35. The summed E-state index contributed by atoms with van der Waals surface area (Å²) in [5.74, 6) is -0.0145. The molecule has 3 heterocycles. The second-order valence-corrected chi connectivity index (χ2v) is 7.26. The van der Waals surface area contributed by atoms with Crippen molar-refractivity contribution in [1.82, 2.24) is 15.1 Å². The van der Waals surface area contributed by atoms with E-state index in [0.29, 0.717) is 18.7 Å². The van der Waals surface area contributed by atoms with Crippen LogP contribution in [0.2, 0.25) is 0 Å². The number of amides is 1. The van der Waals surface area contributed by atoms with Gasteiger partial charge in [0.2, 0.25) is 0 Å². The van der Waals surface area contributed by atoms with Gasteiger partial charge in [0.1, 0.15) is 0 Å². The number of ether oxygens (including phenoxy) is 1. The molecule has 1 aromatic carbocycles. The number of aromatic amines is 1. The zero-order chi connectivity index (χ0) is 17.8. The van der Waals surface area contributed by atoms with E-state index in [1.165, 1.54) is 0 Å². The van der Waals surface area contributed by atoms with Crippen molar-refractivity contribution < 1.29 is 9.53 Å². The number of rotatable bonds is 6. The lowest BCUT2D eigenvalue weighted by molar-refractivity contribution is 0.0508. The first-order valence-electron chi connectivity index (χ1n) is 8.82. The van der Waals surface area contributed by atoms with Gasteiger partial charge in [0.05, 0.1) is 23.6 Å². The van der Waals surface area contributed by atoms with Gasteiger partial charge >= 0.3 is 0 Å². The highest BCUT2D eigenvalue weighted by atomic mass is 32.1. The minimum absolute atomic E-state index is 0.0145. The molecule has 0 saturated carbocycles. The summed E-state index contributed by atoms with van der Waals surface area (Å²) in [6, 6.07) is 11.9. The van der Waals surface area contributed by atoms with Crippen molar-refractivity contribution in [3.63, 3.8) is 0 Å². The fourth-order valence-electron chi connectivity index (χ4n) is 3.30. The Bertz CT molecular complexity index is 839. The number of aromatic nitrogens is 2. The minimum atomic E-state index is -0.0145. The summed E-state index contributed by atoms with van der Waals surface area (Å²) in [4.78, 5) is 15.2. The molecule has 0 unspecified atom stereocenters. The zero-order valence-corrected chi connectivity index (χ0v) is 15.2. The number of carbonyl (C=O) groups excluding carboxylic acids is 1. The molecule has 1 atom stereocenters. The number of hydrogen-bond donors (Lipinski definition) is 1. The quantitative estimate of drug-likeness (QED) is 0.717. The molecule has 0 radical (unpaired) electrons. The number of nitrogens with one attached hydrogen (secondary N) is 1. The van der Waals surface area contributed by atoms with E-state index in [1.807, 2.05) is 40.6 Å². The van der Waals surface area contributed by atoms with E-state index in [-0.39, 0.29) is 12.0 Å². The van der Waals surface area contributed by atoms with Gasteiger partial charge < -0.3 is 9.64 Å². The Hall–Kier alpha value is -2.44. The average Bonchev–Trinajstić information content (AvgIpc) is 3.43. The van der Waals surface area contributed by atoms with Crippen LogP contribution in [0, 0.1) is 0 Å². The van der Waals surface area contributed by atoms with Crippen LogP contribution in [0.3, 0.4) is 0 Å². The van der Waals surface area contributed by atoms with E-state index >= 15 is 0 Å². The number of thiophene rings is 1. The second-order valence-electron chi connectivity index (χ2n) is 6.48. The lowest BCUT2D eigenvalue weighted by Gasteiger charge is -2.25. The Morgan fingerprint density at radius 2 is 2.19 bits per heavy atom. The van der Waals surface area contributed by atoms with Crippen molar-refractivity contribution in [2.45, 2.75) is 25.5 Å². The standard InChI is InChI=1S/C20H21N3O2S/c24-20(18-11-21-22-19(18)16-5-2-1-3-6-16)23(12-15-8-10-26-14-15)13-17-7-4-9-25-17/h1-3,5-6,8,10-11,14,17H,4,7,9,12-13H2,(H,21,22)/t17-/m1/s1. The van der Waals surface area contributed by atoms with E-state index in [0.717, 1.165) is 36.3 Å². The Morgan fingerprint density at radius 3 is 2.92 bits per heavy atom. The van der Waals surface area contributed by atoms with Gasteiger partial charge in [-0.25, -0.2) is 0 Å². The molecule has 1 amide bonds. The highest BCUT2D eigenvalue weighted by molar-refractivity contribution is 7.07. The van der Waals surface area contributed by atoms with Crippen LogP contribution >= 0.6 is 11.3 Å². The van der Waals surface area contributed by atoms with Gasteiger partial charge in [-0.05, 0) is 35.2 Å². The van der Waals surface area contributed by atoms with Gasteiger partial charge in [0.25, 0.3) is 5.91 Å². The molecule has 6 heteroatoms. The molecular weight excluding hydrogens is 346 g/mol. The van der Waals surface area contributed by atoms with E-state index in [4.69, 9.17) is 4.74 Å². The summed E-state index contributed by atoms with van der Waals surface area (Å²) in [6.45, 7) is 1.97. The van der Waals surface area contributed by atoms with E-state index in [9.17, 15) is 4.79 Å². The van der Waals surface area contributed by atoms with Gasteiger partial charge in [-0.1, -0.05) is 30.3 Å². The maximum absolute atomic E-state index is 13.3. The zero-order valence-electron chi connectivity index (χ0n) is 14.4. The normalized spacial score (nSPS) is 16.7. The third-order valence-electron chi connectivity index (χ3n) is 4.62. The largest absolute Gasteiger partial charge is 0.376 e. The van der Waals surface area contributed by atoms with Gasteiger partial charge in [0.15, 0.2) is 0 Å². The fourth-order valence-corrected chi connectivity index (χ4v) is 3.96. The van der Waals surface area contributed by atoms with Crippen LogP contribution in [0.25, 0.3) is 11.3 Å². The maximum Gasteiger partial charge on any atom is 0.258 e.